The number of hydrogen-bond donors (Lipinski definition) is 3. The zero-order valence-electron chi connectivity index (χ0n) is 13.0. The molecule has 0 radical (unpaired) electrons. The predicted octanol–water partition coefficient (Wildman–Crippen LogP) is 4.15. The highest BCUT2D eigenvalue weighted by molar-refractivity contribution is 9.10. The third-order valence-corrected chi connectivity index (χ3v) is 4.02. The molecule has 0 aromatic heterocycles. The molecule has 1 unspecified atom stereocenters. The lowest BCUT2D eigenvalue weighted by Crippen LogP contribution is -2.36. The van der Waals surface area contributed by atoms with Gasteiger partial charge in [-0.3, -0.25) is 4.79 Å². The molecule has 126 valence electrons. The van der Waals surface area contributed by atoms with Gasteiger partial charge in [0.2, 0.25) is 0 Å². The Morgan fingerprint density at radius 3 is 2.71 bits per heavy atom. The van der Waals surface area contributed by atoms with Crippen molar-refractivity contribution in [1.82, 2.24) is 5.43 Å². The Morgan fingerprint density at radius 2 is 2.04 bits per heavy atom. The van der Waals surface area contributed by atoms with E-state index in [-0.39, 0.29) is 11.7 Å². The van der Waals surface area contributed by atoms with Crippen molar-refractivity contribution >= 4 is 45.3 Å². The minimum Gasteiger partial charge on any atom is -0.507 e. The fourth-order valence-corrected chi connectivity index (χ4v) is 2.48. The Morgan fingerprint density at radius 1 is 1.33 bits per heavy atom. The minimum atomic E-state index is -0.431. The van der Waals surface area contributed by atoms with Crippen molar-refractivity contribution in [2.75, 3.05) is 5.32 Å². The van der Waals surface area contributed by atoms with Gasteiger partial charge in [0.1, 0.15) is 11.8 Å². The van der Waals surface area contributed by atoms with Crippen LogP contribution in [-0.2, 0) is 4.79 Å². The van der Waals surface area contributed by atoms with Gasteiger partial charge in [0.25, 0.3) is 5.91 Å². The van der Waals surface area contributed by atoms with Crippen LogP contribution < -0.4 is 10.7 Å². The van der Waals surface area contributed by atoms with E-state index in [1.54, 1.807) is 42.5 Å². The van der Waals surface area contributed by atoms with Crippen LogP contribution >= 0.6 is 27.5 Å². The van der Waals surface area contributed by atoms with Gasteiger partial charge in [-0.1, -0.05) is 34.5 Å². The molecule has 0 fully saturated rings. The normalized spacial score (nSPS) is 12.1. The SMILES string of the molecule is CCC(Nc1ccc(Cl)cc1)C(=O)NN=Cc1cc(Br)ccc1O. The molecule has 0 aliphatic rings. The highest BCUT2D eigenvalue weighted by atomic mass is 79.9. The summed E-state index contributed by atoms with van der Waals surface area (Å²) in [4.78, 5) is 12.2. The Kier molecular flexibility index (Phi) is 6.63. The number of benzene rings is 2. The van der Waals surface area contributed by atoms with Gasteiger partial charge in [0.15, 0.2) is 0 Å². The maximum atomic E-state index is 12.2. The number of hydrogen-bond acceptors (Lipinski definition) is 4. The Hall–Kier alpha value is -2.05. The van der Waals surface area contributed by atoms with Gasteiger partial charge in [-0.15, -0.1) is 0 Å². The van der Waals surface area contributed by atoms with E-state index in [0.29, 0.717) is 17.0 Å². The number of phenolic OH excluding ortho intramolecular Hbond substituents is 1. The number of anilines is 1. The number of aromatic hydroxyl groups is 1. The van der Waals surface area contributed by atoms with Crippen LogP contribution in [0.25, 0.3) is 0 Å². The summed E-state index contributed by atoms with van der Waals surface area (Å²) < 4.78 is 0.809. The lowest BCUT2D eigenvalue weighted by molar-refractivity contribution is -0.121. The van der Waals surface area contributed by atoms with E-state index >= 15 is 0 Å². The Bertz CT molecular complexity index is 735. The molecular formula is C17H17BrClN3O2. The third kappa shape index (κ3) is 5.25. The first-order chi connectivity index (χ1) is 11.5. The maximum absolute atomic E-state index is 12.2. The molecule has 5 nitrogen and oxygen atoms in total. The first-order valence-corrected chi connectivity index (χ1v) is 8.50. The first kappa shape index (κ1) is 18.3. The Balaban J connectivity index is 1.97. The van der Waals surface area contributed by atoms with Gasteiger partial charge in [0.05, 0.1) is 6.21 Å². The summed E-state index contributed by atoms with van der Waals surface area (Å²) in [5, 5.41) is 17.4. The van der Waals surface area contributed by atoms with E-state index in [1.165, 1.54) is 6.21 Å². The summed E-state index contributed by atoms with van der Waals surface area (Å²) in [5.74, 6) is -0.180. The number of nitrogens with one attached hydrogen (secondary N) is 2. The number of amides is 1. The van der Waals surface area contributed by atoms with Crippen LogP contribution in [0.4, 0.5) is 5.69 Å². The van der Waals surface area contributed by atoms with Crippen LogP contribution in [0.3, 0.4) is 0 Å². The molecule has 3 N–H and O–H groups in total. The fourth-order valence-electron chi connectivity index (χ4n) is 1.97. The molecule has 7 heteroatoms. The molecule has 2 rings (SSSR count). The fraction of sp³-hybridized carbons (Fsp3) is 0.176. The van der Waals surface area contributed by atoms with E-state index in [0.717, 1.165) is 10.2 Å². The average Bonchev–Trinajstić information content (AvgIpc) is 2.57. The lowest BCUT2D eigenvalue weighted by atomic mass is 10.2. The summed E-state index contributed by atoms with van der Waals surface area (Å²) in [7, 11) is 0. The van der Waals surface area contributed by atoms with Crippen LogP contribution in [0, 0.1) is 0 Å². The van der Waals surface area contributed by atoms with Gasteiger partial charge < -0.3 is 10.4 Å². The number of carbonyl (C=O) groups excluding carboxylic acids is 1. The van der Waals surface area contributed by atoms with Crippen LogP contribution in [0.1, 0.15) is 18.9 Å². The van der Waals surface area contributed by atoms with E-state index in [4.69, 9.17) is 11.6 Å². The highest BCUT2D eigenvalue weighted by Crippen LogP contribution is 2.20. The van der Waals surface area contributed by atoms with E-state index in [1.807, 2.05) is 6.92 Å². The van der Waals surface area contributed by atoms with E-state index in [2.05, 4.69) is 31.8 Å². The number of nitrogens with zero attached hydrogens (tertiary/aromatic N) is 1. The lowest BCUT2D eigenvalue weighted by Gasteiger charge is -2.16. The summed E-state index contributed by atoms with van der Waals surface area (Å²) in [6.45, 7) is 1.90. The summed E-state index contributed by atoms with van der Waals surface area (Å²) in [6, 6.07) is 11.7. The third-order valence-electron chi connectivity index (χ3n) is 3.28. The molecule has 0 aliphatic carbocycles. The van der Waals surface area contributed by atoms with Gasteiger partial charge in [-0.25, -0.2) is 5.43 Å². The van der Waals surface area contributed by atoms with Crippen LogP contribution in [0.5, 0.6) is 5.75 Å². The summed E-state index contributed by atoms with van der Waals surface area (Å²) >= 11 is 9.16. The van der Waals surface area contributed by atoms with Crippen molar-refractivity contribution in [2.45, 2.75) is 19.4 Å². The van der Waals surface area contributed by atoms with Gasteiger partial charge in [-0.05, 0) is 48.9 Å². The summed E-state index contributed by atoms with van der Waals surface area (Å²) in [6.07, 6.45) is 1.99. The quantitative estimate of drug-likeness (QED) is 0.495. The minimum absolute atomic E-state index is 0.0857. The van der Waals surface area contributed by atoms with Gasteiger partial charge in [0, 0.05) is 20.7 Å². The predicted molar refractivity (Wildman–Crippen MR) is 101 cm³/mol. The molecule has 0 bridgehead atoms. The molecule has 0 heterocycles. The summed E-state index contributed by atoms with van der Waals surface area (Å²) in [5.41, 5.74) is 3.78. The Labute approximate surface area is 153 Å². The highest BCUT2D eigenvalue weighted by Gasteiger charge is 2.15. The molecule has 0 spiro atoms. The second-order valence-electron chi connectivity index (χ2n) is 5.05. The molecule has 1 atom stereocenters. The first-order valence-electron chi connectivity index (χ1n) is 7.33. The van der Waals surface area contributed by atoms with Crippen LogP contribution in [0.15, 0.2) is 52.0 Å². The molecule has 0 saturated carbocycles. The maximum Gasteiger partial charge on any atom is 0.262 e. The van der Waals surface area contributed by atoms with E-state index < -0.39 is 6.04 Å². The monoisotopic (exact) mass is 409 g/mol. The van der Waals surface area contributed by atoms with Crippen LogP contribution in [-0.4, -0.2) is 23.3 Å². The average molecular weight is 411 g/mol. The van der Waals surface area contributed by atoms with Crippen LogP contribution in [0.2, 0.25) is 5.02 Å². The molecule has 2 aromatic rings. The topological polar surface area (TPSA) is 73.7 Å². The largest absolute Gasteiger partial charge is 0.507 e. The number of halogens is 2. The van der Waals surface area contributed by atoms with Crippen molar-refractivity contribution < 1.29 is 9.90 Å². The second kappa shape index (κ2) is 8.70. The number of rotatable bonds is 6. The van der Waals surface area contributed by atoms with Crippen molar-refractivity contribution in [3.63, 3.8) is 0 Å². The molecular weight excluding hydrogens is 394 g/mol. The zero-order chi connectivity index (χ0) is 17.5. The smallest absolute Gasteiger partial charge is 0.262 e. The standard InChI is InChI=1S/C17H17BrClN3O2/c1-2-15(21-14-6-4-13(19)5-7-14)17(24)22-20-10-11-9-12(18)3-8-16(11)23/h3-10,15,21,23H,2H2,1H3,(H,22,24). The van der Waals surface area contributed by atoms with Crippen molar-refractivity contribution in [1.29, 1.82) is 0 Å². The molecule has 0 saturated heterocycles. The number of phenols is 1. The molecule has 24 heavy (non-hydrogen) atoms. The molecule has 2 aromatic carbocycles. The van der Waals surface area contributed by atoms with Crippen molar-refractivity contribution in [2.24, 2.45) is 5.10 Å². The van der Waals surface area contributed by atoms with Crippen molar-refractivity contribution in [3.8, 4) is 5.75 Å². The number of carbonyl (C=O) groups is 1. The van der Waals surface area contributed by atoms with E-state index in [9.17, 15) is 9.90 Å². The number of hydrazone groups is 1. The zero-order valence-corrected chi connectivity index (χ0v) is 15.3. The molecule has 0 aliphatic heterocycles. The van der Waals surface area contributed by atoms with Gasteiger partial charge >= 0.3 is 0 Å². The van der Waals surface area contributed by atoms with Gasteiger partial charge in [-0.2, -0.15) is 5.10 Å². The second-order valence-corrected chi connectivity index (χ2v) is 6.40. The molecule has 1 amide bonds. The van der Waals surface area contributed by atoms with Crippen molar-refractivity contribution in [3.05, 3.63) is 57.5 Å².